The van der Waals surface area contributed by atoms with Crippen LogP contribution in [-0.2, 0) is 0 Å². The van der Waals surface area contributed by atoms with Crippen LogP contribution in [0.5, 0.6) is 0 Å². The van der Waals surface area contributed by atoms with Crippen molar-refractivity contribution in [3.05, 3.63) is 23.0 Å². The van der Waals surface area contributed by atoms with Crippen LogP contribution in [0.25, 0.3) is 0 Å². The molecule has 0 amide bonds. The highest BCUT2D eigenvalue weighted by molar-refractivity contribution is 6.06. The number of nitrogens with two attached hydrogens (primary N) is 1. The normalized spacial score (nSPS) is 29.4. The molecule has 0 spiro atoms. The second-order valence-electron chi connectivity index (χ2n) is 4.55. The van der Waals surface area contributed by atoms with Gasteiger partial charge in [-0.2, -0.15) is 0 Å². The summed E-state index contributed by atoms with van der Waals surface area (Å²) in [6.07, 6.45) is 5.69. The molecule has 0 aromatic heterocycles. The first-order chi connectivity index (χ1) is 7.63. The Bertz CT molecular complexity index is 413. The highest BCUT2D eigenvalue weighted by Crippen LogP contribution is 2.31. The third-order valence-electron chi connectivity index (χ3n) is 3.41. The Morgan fingerprint density at radius 1 is 1.50 bits per heavy atom. The van der Waals surface area contributed by atoms with Crippen molar-refractivity contribution in [1.82, 2.24) is 0 Å². The van der Waals surface area contributed by atoms with Crippen LogP contribution in [0.4, 0.5) is 0 Å². The predicted octanol–water partition coefficient (Wildman–Crippen LogP) is 2.45. The highest BCUT2D eigenvalue weighted by Gasteiger charge is 2.29. The molecule has 0 saturated heterocycles. The van der Waals surface area contributed by atoms with Crippen LogP contribution in [0.2, 0.25) is 0 Å². The quantitative estimate of drug-likeness (QED) is 0.720. The van der Waals surface area contributed by atoms with Gasteiger partial charge in [0.2, 0.25) is 0 Å². The van der Waals surface area contributed by atoms with Gasteiger partial charge in [-0.25, -0.2) is 0 Å². The smallest absolute Gasteiger partial charge is 0.0691 e. The molecule has 86 valence electrons. The van der Waals surface area contributed by atoms with Crippen molar-refractivity contribution in [3.8, 4) is 0 Å². The summed E-state index contributed by atoms with van der Waals surface area (Å²) in [5, 5.41) is 0. The van der Waals surface area contributed by atoms with Gasteiger partial charge in [0.15, 0.2) is 0 Å². The van der Waals surface area contributed by atoms with E-state index < -0.39 is 0 Å². The molecule has 3 heteroatoms. The second-order valence-corrected chi connectivity index (χ2v) is 4.55. The maximum Gasteiger partial charge on any atom is 0.0691 e. The van der Waals surface area contributed by atoms with E-state index in [2.05, 4.69) is 25.8 Å². The first-order valence-electron chi connectivity index (χ1n) is 5.90. The molecular formula is C13H19N3. The minimum Gasteiger partial charge on any atom is -0.397 e. The van der Waals surface area contributed by atoms with Gasteiger partial charge in [0, 0.05) is 17.8 Å². The van der Waals surface area contributed by atoms with Gasteiger partial charge >= 0.3 is 0 Å². The summed E-state index contributed by atoms with van der Waals surface area (Å²) < 4.78 is 0. The van der Waals surface area contributed by atoms with Gasteiger partial charge in [-0.15, -0.1) is 0 Å². The molecule has 0 radical (unpaired) electrons. The lowest BCUT2D eigenvalue weighted by atomic mass is 9.85. The predicted molar refractivity (Wildman–Crippen MR) is 68.8 cm³/mol. The molecule has 2 N–H and O–H groups in total. The lowest BCUT2D eigenvalue weighted by Gasteiger charge is -2.27. The van der Waals surface area contributed by atoms with Crippen molar-refractivity contribution >= 4 is 11.9 Å². The Kier molecular flexibility index (Phi) is 2.95. The third-order valence-corrected chi connectivity index (χ3v) is 3.41. The number of allylic oxidation sites excluding steroid dienone is 4. The van der Waals surface area contributed by atoms with Crippen LogP contribution in [-0.4, -0.2) is 18.0 Å². The molecule has 2 unspecified atom stereocenters. The van der Waals surface area contributed by atoms with E-state index in [1.165, 1.54) is 11.3 Å². The number of hydrogen-bond acceptors (Lipinski definition) is 3. The number of hydrogen-bond donors (Lipinski definition) is 1. The van der Waals surface area contributed by atoms with E-state index in [9.17, 15) is 0 Å². The van der Waals surface area contributed by atoms with Gasteiger partial charge in [0.1, 0.15) is 0 Å². The fourth-order valence-corrected chi connectivity index (χ4v) is 2.37. The zero-order valence-electron chi connectivity index (χ0n) is 10.2. The van der Waals surface area contributed by atoms with Gasteiger partial charge < -0.3 is 5.73 Å². The zero-order chi connectivity index (χ0) is 11.7. The van der Waals surface area contributed by atoms with Crippen LogP contribution in [0.3, 0.4) is 0 Å². The first kappa shape index (κ1) is 11.1. The van der Waals surface area contributed by atoms with E-state index in [1.807, 2.05) is 12.3 Å². The Balaban J connectivity index is 2.43. The minimum absolute atomic E-state index is 0.268. The molecule has 0 bridgehead atoms. The highest BCUT2D eigenvalue weighted by atomic mass is 14.9. The molecule has 0 aromatic carbocycles. The molecule has 0 aromatic rings. The molecule has 0 saturated carbocycles. The minimum atomic E-state index is 0.268. The number of rotatable bonds is 1. The largest absolute Gasteiger partial charge is 0.397 e. The number of aliphatic imine (C=N–C) groups is 2. The lowest BCUT2D eigenvalue weighted by Crippen LogP contribution is -2.30. The molecular weight excluding hydrogens is 198 g/mol. The fourth-order valence-electron chi connectivity index (χ4n) is 2.37. The van der Waals surface area contributed by atoms with Crippen LogP contribution in [0, 0.1) is 5.92 Å². The molecule has 2 aliphatic heterocycles. The van der Waals surface area contributed by atoms with Crippen LogP contribution >= 0.6 is 0 Å². The Labute approximate surface area is 96.9 Å². The summed E-state index contributed by atoms with van der Waals surface area (Å²) in [7, 11) is 0. The van der Waals surface area contributed by atoms with E-state index in [0.29, 0.717) is 5.92 Å². The number of fused-ring (bicyclic) bond motifs is 1. The molecule has 16 heavy (non-hydrogen) atoms. The maximum absolute atomic E-state index is 6.03. The van der Waals surface area contributed by atoms with E-state index in [-0.39, 0.29) is 6.04 Å². The van der Waals surface area contributed by atoms with Crippen molar-refractivity contribution in [2.75, 3.05) is 0 Å². The van der Waals surface area contributed by atoms with Gasteiger partial charge in [0.05, 0.1) is 17.5 Å². The van der Waals surface area contributed by atoms with Crippen molar-refractivity contribution < 1.29 is 0 Å². The molecule has 2 atom stereocenters. The summed E-state index contributed by atoms with van der Waals surface area (Å²) >= 11 is 0. The standard InChI is InChI=1S/C13H19N3/c1-4-12-8(2)7-10-9(3)15-6-5-11(14)13(10)16-12/h5-6,9-10H,4,7,14H2,1-3H3. The van der Waals surface area contributed by atoms with Crippen molar-refractivity contribution in [2.45, 2.75) is 39.7 Å². The van der Waals surface area contributed by atoms with E-state index in [4.69, 9.17) is 10.7 Å². The second kappa shape index (κ2) is 4.24. The van der Waals surface area contributed by atoms with Gasteiger partial charge in [-0.3, -0.25) is 9.98 Å². The van der Waals surface area contributed by atoms with Crippen molar-refractivity contribution in [3.63, 3.8) is 0 Å². The van der Waals surface area contributed by atoms with Crippen LogP contribution in [0.1, 0.15) is 33.6 Å². The summed E-state index contributed by atoms with van der Waals surface area (Å²) in [4.78, 5) is 9.18. The zero-order valence-corrected chi connectivity index (χ0v) is 10.2. The molecule has 0 fully saturated rings. The summed E-state index contributed by atoms with van der Waals surface area (Å²) in [5.41, 5.74) is 10.4. The average molecular weight is 217 g/mol. The molecule has 2 aliphatic rings. The maximum atomic E-state index is 6.03. The Morgan fingerprint density at radius 2 is 2.25 bits per heavy atom. The summed E-state index contributed by atoms with van der Waals surface area (Å²) in [6.45, 7) is 6.44. The monoisotopic (exact) mass is 217 g/mol. The van der Waals surface area contributed by atoms with Gasteiger partial charge in [0.25, 0.3) is 0 Å². The first-order valence-corrected chi connectivity index (χ1v) is 5.90. The summed E-state index contributed by atoms with van der Waals surface area (Å²) in [6, 6.07) is 0.268. The number of nitrogens with zero attached hydrogens (tertiary/aromatic N) is 2. The van der Waals surface area contributed by atoms with Gasteiger partial charge in [-0.05, 0) is 32.8 Å². The average Bonchev–Trinajstić information content (AvgIpc) is 2.39. The van der Waals surface area contributed by atoms with E-state index >= 15 is 0 Å². The van der Waals surface area contributed by atoms with E-state index in [0.717, 1.165) is 24.3 Å². The fraction of sp³-hybridized carbons (Fsp3) is 0.538. The van der Waals surface area contributed by atoms with Crippen LogP contribution < -0.4 is 5.73 Å². The SMILES string of the molecule is CCC1=C(C)CC2C(=N1)C(N)=CC=NC2C. The summed E-state index contributed by atoms with van der Waals surface area (Å²) in [5.74, 6) is 0.352. The van der Waals surface area contributed by atoms with E-state index in [1.54, 1.807) is 0 Å². The van der Waals surface area contributed by atoms with Crippen molar-refractivity contribution in [1.29, 1.82) is 0 Å². The lowest BCUT2D eigenvalue weighted by molar-refractivity contribution is 0.553. The topological polar surface area (TPSA) is 50.7 Å². The Hall–Kier alpha value is -1.38. The van der Waals surface area contributed by atoms with Crippen molar-refractivity contribution in [2.24, 2.45) is 21.6 Å². The van der Waals surface area contributed by atoms with Crippen LogP contribution in [0.15, 0.2) is 33.0 Å². The van der Waals surface area contributed by atoms with Gasteiger partial charge in [-0.1, -0.05) is 12.5 Å². The molecule has 2 rings (SSSR count). The molecule has 3 nitrogen and oxygen atoms in total. The molecule has 2 heterocycles. The molecule has 0 aliphatic carbocycles. The Morgan fingerprint density at radius 3 is 2.94 bits per heavy atom. The third kappa shape index (κ3) is 1.82.